The molecule has 0 fully saturated rings. The van der Waals surface area contributed by atoms with Crippen LogP contribution in [0.15, 0.2) is 9.59 Å². The monoisotopic (exact) mass is 237 g/mol. The van der Waals surface area contributed by atoms with Crippen LogP contribution >= 0.6 is 0 Å². The van der Waals surface area contributed by atoms with Crippen LogP contribution < -0.4 is 16.6 Å². The molecule has 0 saturated carbocycles. The van der Waals surface area contributed by atoms with E-state index in [4.69, 9.17) is 0 Å². The number of aryl methyl sites for hydroxylation is 1. The van der Waals surface area contributed by atoms with Gasteiger partial charge in [-0.15, -0.1) is 0 Å². The van der Waals surface area contributed by atoms with Crippen molar-refractivity contribution in [2.75, 3.05) is 5.32 Å². The zero-order valence-electron chi connectivity index (χ0n) is 9.57. The van der Waals surface area contributed by atoms with Crippen LogP contribution in [-0.4, -0.2) is 25.1 Å². The molecule has 8 nitrogen and oxygen atoms in total. The molecule has 8 heteroatoms. The Labute approximate surface area is 94.9 Å². The largest absolute Gasteiger partial charge is 0.338 e. The number of nitrogens with zero attached hydrogens (tertiary/aromatic N) is 3. The standard InChI is InChI=1S/C9H11N5O3/c1-4-11-12-7-6(10-5(2)15)8(16)13(3)9(17)14(4)7/h12H,1-3H3,(H,10,15). The zero-order chi connectivity index (χ0) is 12.7. The highest BCUT2D eigenvalue weighted by Gasteiger charge is 2.16. The van der Waals surface area contributed by atoms with E-state index >= 15 is 0 Å². The Morgan fingerprint density at radius 1 is 1.41 bits per heavy atom. The van der Waals surface area contributed by atoms with Crippen molar-refractivity contribution in [1.82, 2.24) is 19.2 Å². The third-order valence-electron chi connectivity index (χ3n) is 2.41. The molecule has 2 rings (SSSR count). The maximum Gasteiger partial charge on any atom is 0.338 e. The highest BCUT2D eigenvalue weighted by Crippen LogP contribution is 2.07. The molecule has 2 aromatic rings. The van der Waals surface area contributed by atoms with Crippen molar-refractivity contribution >= 4 is 17.2 Å². The molecule has 2 heterocycles. The molecule has 2 N–H and O–H groups in total. The van der Waals surface area contributed by atoms with Gasteiger partial charge in [-0.2, -0.15) is 5.10 Å². The summed E-state index contributed by atoms with van der Waals surface area (Å²) in [6, 6.07) is 0. The number of hydrogen-bond donors (Lipinski definition) is 2. The topological polar surface area (TPSA) is 101 Å². The van der Waals surface area contributed by atoms with E-state index in [-0.39, 0.29) is 11.3 Å². The number of hydrogen-bond acceptors (Lipinski definition) is 4. The number of nitrogens with one attached hydrogen (secondary N) is 2. The summed E-state index contributed by atoms with van der Waals surface area (Å²) in [7, 11) is 1.34. The summed E-state index contributed by atoms with van der Waals surface area (Å²) < 4.78 is 2.15. The van der Waals surface area contributed by atoms with Crippen LogP contribution in [0.4, 0.5) is 5.69 Å². The summed E-state index contributed by atoms with van der Waals surface area (Å²) in [4.78, 5) is 34.7. The summed E-state index contributed by atoms with van der Waals surface area (Å²) in [6.45, 7) is 2.90. The van der Waals surface area contributed by atoms with Crippen molar-refractivity contribution in [2.24, 2.45) is 7.05 Å². The van der Waals surface area contributed by atoms with Crippen molar-refractivity contribution in [1.29, 1.82) is 0 Å². The molecule has 0 spiro atoms. The lowest BCUT2D eigenvalue weighted by Crippen LogP contribution is -2.37. The quantitative estimate of drug-likeness (QED) is 0.663. The number of H-pyrrole nitrogens is 1. The van der Waals surface area contributed by atoms with Crippen LogP contribution in [-0.2, 0) is 11.8 Å². The highest BCUT2D eigenvalue weighted by molar-refractivity contribution is 5.92. The Morgan fingerprint density at radius 3 is 2.65 bits per heavy atom. The van der Waals surface area contributed by atoms with Crippen LogP contribution in [0.3, 0.4) is 0 Å². The molecule has 0 aromatic carbocycles. The molecule has 0 radical (unpaired) electrons. The molecule has 0 aliphatic carbocycles. The fourth-order valence-electron chi connectivity index (χ4n) is 1.59. The van der Waals surface area contributed by atoms with Gasteiger partial charge in [-0.1, -0.05) is 0 Å². The molecule has 17 heavy (non-hydrogen) atoms. The Morgan fingerprint density at radius 2 is 2.06 bits per heavy atom. The van der Waals surface area contributed by atoms with Gasteiger partial charge in [0.2, 0.25) is 5.91 Å². The number of amides is 1. The summed E-state index contributed by atoms with van der Waals surface area (Å²) in [5.74, 6) is 0.0158. The van der Waals surface area contributed by atoms with E-state index in [1.807, 2.05) is 0 Å². The molecule has 0 aliphatic heterocycles. The molecule has 1 amide bonds. The number of carbonyl (C=O) groups excluding carboxylic acids is 1. The van der Waals surface area contributed by atoms with E-state index in [1.165, 1.54) is 18.4 Å². The molecule has 90 valence electrons. The smallest absolute Gasteiger partial charge is 0.319 e. The van der Waals surface area contributed by atoms with Crippen molar-refractivity contribution in [3.63, 3.8) is 0 Å². The van der Waals surface area contributed by atoms with Crippen LogP contribution in [0.2, 0.25) is 0 Å². The lowest BCUT2D eigenvalue weighted by molar-refractivity contribution is -0.114. The SMILES string of the molecule is CC(=O)Nc1c(=O)n(C)c(=O)n2c(C)n[nH]c12. The van der Waals surface area contributed by atoms with Crippen LogP contribution in [0.25, 0.3) is 5.65 Å². The number of aromatic nitrogens is 4. The van der Waals surface area contributed by atoms with Crippen molar-refractivity contribution < 1.29 is 4.79 Å². The maximum atomic E-state index is 11.8. The third kappa shape index (κ3) is 1.53. The van der Waals surface area contributed by atoms with Crippen molar-refractivity contribution in [2.45, 2.75) is 13.8 Å². The lowest BCUT2D eigenvalue weighted by atomic mass is 10.4. The Bertz CT molecular complexity index is 721. The summed E-state index contributed by atoms with van der Waals surface area (Å²) in [5.41, 5.74) is -0.884. The molecule has 2 aromatic heterocycles. The minimum absolute atomic E-state index is 0.0141. The van der Waals surface area contributed by atoms with Gasteiger partial charge in [-0.3, -0.25) is 19.3 Å². The lowest BCUT2D eigenvalue weighted by Gasteiger charge is -2.05. The minimum atomic E-state index is -0.575. The summed E-state index contributed by atoms with van der Waals surface area (Å²) in [6.07, 6.45) is 0. The molecule has 0 bridgehead atoms. The van der Waals surface area contributed by atoms with Gasteiger partial charge < -0.3 is 5.32 Å². The predicted octanol–water partition coefficient (Wildman–Crippen LogP) is -1.01. The fourth-order valence-corrected chi connectivity index (χ4v) is 1.59. The van der Waals surface area contributed by atoms with Gasteiger partial charge >= 0.3 is 5.69 Å². The summed E-state index contributed by atoms with van der Waals surface area (Å²) in [5, 5.41) is 8.79. The Kier molecular flexibility index (Phi) is 2.34. The van der Waals surface area contributed by atoms with Crippen LogP contribution in [0.5, 0.6) is 0 Å². The average molecular weight is 237 g/mol. The first-order valence-electron chi connectivity index (χ1n) is 4.87. The molecule has 0 saturated heterocycles. The molecular formula is C9H11N5O3. The van der Waals surface area contributed by atoms with Crippen molar-refractivity contribution in [3.8, 4) is 0 Å². The second kappa shape index (κ2) is 3.58. The molecule has 0 unspecified atom stereocenters. The molecule has 0 aliphatic rings. The number of carbonyl (C=O) groups is 1. The van der Waals surface area contributed by atoms with Gasteiger partial charge in [0.15, 0.2) is 11.3 Å². The van der Waals surface area contributed by atoms with Gasteiger partial charge in [0, 0.05) is 14.0 Å². The first-order chi connectivity index (χ1) is 7.93. The highest BCUT2D eigenvalue weighted by atomic mass is 16.2. The molecular weight excluding hydrogens is 226 g/mol. The zero-order valence-corrected chi connectivity index (χ0v) is 9.57. The van der Waals surface area contributed by atoms with Crippen LogP contribution in [0, 0.1) is 6.92 Å². The first-order valence-corrected chi connectivity index (χ1v) is 4.87. The van der Waals surface area contributed by atoms with E-state index in [2.05, 4.69) is 15.5 Å². The maximum absolute atomic E-state index is 11.8. The minimum Gasteiger partial charge on any atom is -0.319 e. The number of aromatic amines is 1. The second-order valence-electron chi connectivity index (χ2n) is 3.66. The molecule has 0 atom stereocenters. The van der Waals surface area contributed by atoms with Gasteiger partial charge in [0.05, 0.1) is 0 Å². The number of anilines is 1. The van der Waals surface area contributed by atoms with E-state index in [0.29, 0.717) is 5.82 Å². The van der Waals surface area contributed by atoms with Gasteiger partial charge in [-0.05, 0) is 6.92 Å². The van der Waals surface area contributed by atoms with Gasteiger partial charge in [0.1, 0.15) is 5.82 Å². The Hall–Kier alpha value is -2.38. The van der Waals surface area contributed by atoms with E-state index in [9.17, 15) is 14.4 Å². The van der Waals surface area contributed by atoms with Crippen LogP contribution in [0.1, 0.15) is 12.7 Å². The van der Waals surface area contributed by atoms with Crippen molar-refractivity contribution in [3.05, 3.63) is 26.7 Å². The number of fused-ring (bicyclic) bond motifs is 1. The van der Waals surface area contributed by atoms with E-state index in [1.54, 1.807) is 6.92 Å². The summed E-state index contributed by atoms with van der Waals surface area (Å²) >= 11 is 0. The Balaban J connectivity index is 2.97. The van der Waals surface area contributed by atoms with Gasteiger partial charge in [0.25, 0.3) is 5.56 Å². The van der Waals surface area contributed by atoms with E-state index < -0.39 is 17.2 Å². The average Bonchev–Trinajstić information content (AvgIpc) is 2.63. The van der Waals surface area contributed by atoms with E-state index in [0.717, 1.165) is 4.57 Å². The van der Waals surface area contributed by atoms with Gasteiger partial charge in [-0.25, -0.2) is 9.20 Å². The first kappa shape index (κ1) is 11.1. The fraction of sp³-hybridized carbons (Fsp3) is 0.333. The number of rotatable bonds is 1. The normalized spacial score (nSPS) is 10.8. The third-order valence-corrected chi connectivity index (χ3v) is 2.41. The second-order valence-corrected chi connectivity index (χ2v) is 3.66. The predicted molar refractivity (Wildman–Crippen MR) is 60.1 cm³/mol.